The predicted molar refractivity (Wildman–Crippen MR) is 180 cm³/mol. The van der Waals surface area contributed by atoms with Gasteiger partial charge in [-0.25, -0.2) is 20.0 Å². The van der Waals surface area contributed by atoms with E-state index in [4.69, 9.17) is 30.0 Å². The first-order valence-corrected chi connectivity index (χ1v) is 15.2. The smallest absolute Gasteiger partial charge is 0.182 e. The van der Waals surface area contributed by atoms with Crippen molar-refractivity contribution in [2.24, 2.45) is 16.0 Å². The van der Waals surface area contributed by atoms with Gasteiger partial charge in [0.05, 0.1) is 11.7 Å². The highest BCUT2D eigenvalue weighted by Gasteiger charge is 2.37. The molecule has 1 fully saturated rings. The number of pyridine rings is 3. The van der Waals surface area contributed by atoms with Crippen LogP contribution in [0.4, 0.5) is 0 Å². The van der Waals surface area contributed by atoms with Crippen molar-refractivity contribution in [3.63, 3.8) is 0 Å². The van der Waals surface area contributed by atoms with E-state index in [9.17, 15) is 0 Å². The van der Waals surface area contributed by atoms with Gasteiger partial charge in [0.1, 0.15) is 17.1 Å². The van der Waals surface area contributed by atoms with Crippen LogP contribution in [0.1, 0.15) is 30.7 Å². The lowest BCUT2D eigenvalue weighted by atomic mass is 9.99. The first-order valence-electron chi connectivity index (χ1n) is 15.2. The fourth-order valence-electron chi connectivity index (χ4n) is 5.71. The average Bonchev–Trinajstić information content (AvgIpc) is 3.91. The maximum atomic E-state index is 4.95. The van der Waals surface area contributed by atoms with Gasteiger partial charge < -0.3 is 0 Å². The highest BCUT2D eigenvalue weighted by atomic mass is 15.5. The van der Waals surface area contributed by atoms with Gasteiger partial charge in [-0.1, -0.05) is 49.1 Å². The highest BCUT2D eigenvalue weighted by Crippen LogP contribution is 2.40. The fourth-order valence-corrected chi connectivity index (χ4v) is 5.71. The Morgan fingerprint density at radius 3 is 2.30 bits per heavy atom. The number of allylic oxidation sites excluding steroid dienone is 7. The summed E-state index contributed by atoms with van der Waals surface area (Å²) >= 11 is 0. The van der Waals surface area contributed by atoms with Gasteiger partial charge in [0.15, 0.2) is 17.5 Å². The molecule has 0 amide bonds. The summed E-state index contributed by atoms with van der Waals surface area (Å²) in [6.07, 6.45) is 23.8. The molecule has 1 saturated carbocycles. The van der Waals surface area contributed by atoms with Gasteiger partial charge >= 0.3 is 0 Å². The molecule has 2 unspecified atom stereocenters. The normalized spacial score (nSPS) is 19.5. The zero-order valence-electron chi connectivity index (χ0n) is 25.0. The lowest BCUT2D eigenvalue weighted by Crippen LogP contribution is -2.23. The molecule has 9 heteroatoms. The number of hydrogen-bond acceptors (Lipinski definition) is 9. The Balaban J connectivity index is 1.17. The van der Waals surface area contributed by atoms with Crippen LogP contribution in [0.25, 0.3) is 39.7 Å². The summed E-state index contributed by atoms with van der Waals surface area (Å²) in [6, 6.07) is 12.3. The summed E-state index contributed by atoms with van der Waals surface area (Å²) in [6.45, 7) is 7.88. The van der Waals surface area contributed by atoms with Crippen LogP contribution in [0.2, 0.25) is 0 Å². The molecule has 0 radical (unpaired) electrons. The summed E-state index contributed by atoms with van der Waals surface area (Å²) < 4.78 is 0. The molecule has 0 aromatic carbocycles. The minimum Gasteiger partial charge on any atom is -0.289 e. The monoisotopic (exact) mass is 599 g/mol. The summed E-state index contributed by atoms with van der Waals surface area (Å²) in [4.78, 5) is 33.0. The highest BCUT2D eigenvalue weighted by molar-refractivity contribution is 6.10. The van der Waals surface area contributed by atoms with E-state index in [1.54, 1.807) is 6.20 Å². The zero-order chi connectivity index (χ0) is 31.0. The van der Waals surface area contributed by atoms with Crippen LogP contribution in [0, 0.1) is 5.92 Å². The second-order valence-corrected chi connectivity index (χ2v) is 11.5. The largest absolute Gasteiger partial charge is 0.289 e. The maximum absolute atomic E-state index is 4.95. The second-order valence-electron chi connectivity index (χ2n) is 11.5. The molecule has 222 valence electrons. The van der Waals surface area contributed by atoms with E-state index in [0.717, 1.165) is 45.5 Å². The number of aliphatic imine (C=N–C) groups is 1. The summed E-state index contributed by atoms with van der Waals surface area (Å²) in [7, 11) is 0. The first-order chi connectivity index (χ1) is 22.6. The third kappa shape index (κ3) is 5.32. The molecular weight excluding hydrogens is 570 g/mol. The van der Waals surface area contributed by atoms with Crippen LogP contribution in [0.3, 0.4) is 0 Å². The number of hydrazone groups is 1. The van der Waals surface area contributed by atoms with Gasteiger partial charge in [-0.3, -0.25) is 19.9 Å². The Kier molecular flexibility index (Phi) is 6.90. The molecule has 7 heterocycles. The van der Waals surface area contributed by atoms with E-state index < -0.39 is 0 Å². The Morgan fingerprint density at radius 2 is 1.63 bits per heavy atom. The fraction of sp³-hybridized carbons (Fsp3) is 0.135. The number of nitrogens with zero attached hydrogens (tertiary/aromatic N) is 9. The molecule has 1 aliphatic carbocycles. The molecule has 2 atom stereocenters. The number of rotatable bonds is 8. The SMILES string of the molecule is C=CCC1=CN2N=C(c3nc(-c4ccc(C5=CC6CC6N=C5)cn4)nc(-c4ccc(-c5cccnc5)cn4)n3)CC=C2C=C1C=C. The number of hydrogen-bond donors (Lipinski definition) is 0. The third-order valence-corrected chi connectivity index (χ3v) is 8.34. The summed E-state index contributed by atoms with van der Waals surface area (Å²) in [5.74, 6) is 1.92. The van der Waals surface area contributed by atoms with E-state index in [-0.39, 0.29) is 0 Å². The second kappa shape index (κ2) is 11.5. The van der Waals surface area contributed by atoms with Gasteiger partial charge in [0.2, 0.25) is 0 Å². The van der Waals surface area contributed by atoms with Gasteiger partial charge in [-0.2, -0.15) is 5.10 Å². The Morgan fingerprint density at radius 1 is 0.870 bits per heavy atom. The van der Waals surface area contributed by atoms with E-state index in [1.807, 2.05) is 84.6 Å². The van der Waals surface area contributed by atoms with Crippen molar-refractivity contribution >= 4 is 17.5 Å². The predicted octanol–water partition coefficient (Wildman–Crippen LogP) is 6.79. The number of aromatic nitrogens is 6. The Bertz CT molecular complexity index is 2050. The molecule has 9 nitrogen and oxygen atoms in total. The van der Waals surface area contributed by atoms with E-state index >= 15 is 0 Å². The van der Waals surface area contributed by atoms with Crippen LogP contribution >= 0.6 is 0 Å². The molecular formula is C37H29N9. The third-order valence-electron chi connectivity index (χ3n) is 8.34. The van der Waals surface area contributed by atoms with Gasteiger partial charge in [-0.05, 0) is 53.8 Å². The van der Waals surface area contributed by atoms with E-state index in [2.05, 4.69) is 41.4 Å². The van der Waals surface area contributed by atoms with Crippen molar-refractivity contribution < 1.29 is 0 Å². The van der Waals surface area contributed by atoms with Crippen molar-refractivity contribution in [2.45, 2.75) is 25.3 Å². The minimum atomic E-state index is 0.443. The summed E-state index contributed by atoms with van der Waals surface area (Å²) in [5, 5.41) is 6.82. The lowest BCUT2D eigenvalue weighted by Gasteiger charge is -2.27. The van der Waals surface area contributed by atoms with Crippen molar-refractivity contribution in [2.75, 3.05) is 0 Å². The molecule has 4 aromatic heterocycles. The van der Waals surface area contributed by atoms with Crippen LogP contribution in [-0.4, -0.2) is 52.9 Å². The lowest BCUT2D eigenvalue weighted by molar-refractivity contribution is 0.492. The van der Waals surface area contributed by atoms with Crippen molar-refractivity contribution in [1.82, 2.24) is 34.9 Å². The molecule has 0 bridgehead atoms. The average molecular weight is 600 g/mol. The van der Waals surface area contributed by atoms with Crippen LogP contribution in [0.5, 0.6) is 0 Å². The Hall–Kier alpha value is -5.96. The standard InChI is InChI=1S/C37H29N9/c1-3-6-27-22-46-30(16-23(27)4-2)10-13-33(45-46)37-43-35(31-11-8-25(19-39-31)24-7-5-14-38-18-24)42-36(44-37)32-12-9-26(20-40-32)29-15-28-17-34(28)41-21-29/h3-5,7-12,14-16,18-22,28,34H,1-2,6,13,17H2. The molecule has 46 heavy (non-hydrogen) atoms. The molecule has 0 spiro atoms. The number of fused-ring (bicyclic) bond motifs is 2. The minimum absolute atomic E-state index is 0.443. The Labute approximate surface area is 266 Å². The molecule has 4 aliphatic rings. The van der Waals surface area contributed by atoms with E-state index in [0.29, 0.717) is 59.4 Å². The van der Waals surface area contributed by atoms with Crippen molar-refractivity contribution in [1.29, 1.82) is 0 Å². The summed E-state index contributed by atoms with van der Waals surface area (Å²) in [5.41, 5.74) is 9.15. The van der Waals surface area contributed by atoms with Crippen LogP contribution in [-0.2, 0) is 0 Å². The molecule has 8 rings (SSSR count). The van der Waals surface area contributed by atoms with Gasteiger partial charge in [0.25, 0.3) is 0 Å². The van der Waals surface area contributed by atoms with Crippen LogP contribution < -0.4 is 0 Å². The maximum Gasteiger partial charge on any atom is 0.182 e. The molecule has 0 N–H and O–H groups in total. The number of dihydropyridines is 1. The van der Waals surface area contributed by atoms with Crippen molar-refractivity contribution in [3.8, 4) is 34.2 Å². The zero-order valence-corrected chi connectivity index (χ0v) is 25.0. The quantitative estimate of drug-likeness (QED) is 0.205. The van der Waals surface area contributed by atoms with Gasteiger partial charge in [-0.15, -0.1) is 6.58 Å². The van der Waals surface area contributed by atoms with E-state index in [1.165, 1.54) is 0 Å². The van der Waals surface area contributed by atoms with Crippen LogP contribution in [0.15, 0.2) is 138 Å². The topological polar surface area (TPSA) is 105 Å². The van der Waals surface area contributed by atoms with Gasteiger partial charge in [0, 0.05) is 66.2 Å². The van der Waals surface area contributed by atoms with Crippen molar-refractivity contribution in [3.05, 3.63) is 139 Å². The molecule has 3 aliphatic heterocycles. The molecule has 0 saturated heterocycles. The first kappa shape index (κ1) is 27.6. The molecule has 4 aromatic rings.